The van der Waals surface area contributed by atoms with E-state index < -0.39 is 0 Å². The molecule has 0 bridgehead atoms. The molecule has 0 unspecified atom stereocenters. The fraction of sp³-hybridized carbons (Fsp3) is 0.588. The number of aromatic nitrogens is 3. The van der Waals surface area contributed by atoms with Gasteiger partial charge >= 0.3 is 0 Å². The van der Waals surface area contributed by atoms with Gasteiger partial charge in [0.15, 0.2) is 5.65 Å². The third kappa shape index (κ3) is 3.69. The van der Waals surface area contributed by atoms with E-state index in [9.17, 15) is 4.79 Å². The first kappa shape index (κ1) is 17.4. The van der Waals surface area contributed by atoms with Gasteiger partial charge in [-0.1, -0.05) is 34.6 Å². The number of amides is 1. The Labute approximate surface area is 137 Å². The molecule has 2 aromatic rings. The number of hydrogen-bond donors (Lipinski definition) is 1. The third-order valence-corrected chi connectivity index (χ3v) is 3.67. The molecule has 0 fully saturated rings. The molecule has 6 heteroatoms. The van der Waals surface area contributed by atoms with E-state index in [-0.39, 0.29) is 17.2 Å². The fourth-order valence-electron chi connectivity index (χ4n) is 2.41. The summed E-state index contributed by atoms with van der Waals surface area (Å²) < 4.78 is 6.77. The highest BCUT2D eigenvalue weighted by atomic mass is 16.5. The van der Waals surface area contributed by atoms with Crippen molar-refractivity contribution in [3.8, 4) is 0 Å². The third-order valence-electron chi connectivity index (χ3n) is 3.67. The van der Waals surface area contributed by atoms with Gasteiger partial charge in [-0.25, -0.2) is 9.50 Å². The topological polar surface area (TPSA) is 68.5 Å². The average Bonchev–Trinajstić information content (AvgIpc) is 2.90. The summed E-state index contributed by atoms with van der Waals surface area (Å²) >= 11 is 0. The van der Waals surface area contributed by atoms with Gasteiger partial charge in [-0.3, -0.25) is 4.79 Å². The number of nitrogens with one attached hydrogen (secondary N) is 1. The Kier molecular flexibility index (Phi) is 5.04. The predicted molar refractivity (Wildman–Crippen MR) is 90.0 cm³/mol. The van der Waals surface area contributed by atoms with Crippen LogP contribution in [0.2, 0.25) is 0 Å². The number of methoxy groups -OCH3 is 1. The molecule has 2 aromatic heterocycles. The van der Waals surface area contributed by atoms with E-state index in [4.69, 9.17) is 9.84 Å². The minimum absolute atomic E-state index is 0.0666. The van der Waals surface area contributed by atoms with Crippen molar-refractivity contribution in [2.45, 2.75) is 46.0 Å². The highest BCUT2D eigenvalue weighted by Crippen LogP contribution is 2.25. The van der Waals surface area contributed by atoms with Crippen LogP contribution >= 0.6 is 0 Å². The summed E-state index contributed by atoms with van der Waals surface area (Å²) in [4.78, 5) is 16.9. The van der Waals surface area contributed by atoms with Crippen molar-refractivity contribution >= 4 is 11.6 Å². The van der Waals surface area contributed by atoms with Crippen LogP contribution in [0.1, 0.15) is 62.3 Å². The Balaban J connectivity index is 2.49. The SMILES string of the molecule is COCCNC(=O)c1cnc2cc(C(C)(C)C)nn2c1C(C)C. The Morgan fingerprint density at radius 3 is 2.65 bits per heavy atom. The molecule has 0 saturated heterocycles. The lowest BCUT2D eigenvalue weighted by Gasteiger charge is -2.15. The normalized spacial score (nSPS) is 12.1. The Morgan fingerprint density at radius 2 is 2.09 bits per heavy atom. The number of fused-ring (bicyclic) bond motifs is 1. The van der Waals surface area contributed by atoms with Crippen LogP contribution in [0.5, 0.6) is 0 Å². The predicted octanol–water partition coefficient (Wildman–Crippen LogP) is 2.53. The molecule has 126 valence electrons. The van der Waals surface area contributed by atoms with Gasteiger partial charge in [-0.2, -0.15) is 5.10 Å². The zero-order valence-electron chi connectivity index (χ0n) is 14.8. The molecule has 0 aliphatic heterocycles. The summed E-state index contributed by atoms with van der Waals surface area (Å²) in [6, 6.07) is 1.98. The number of carbonyl (C=O) groups excluding carboxylic acids is 1. The Hall–Kier alpha value is -1.95. The summed E-state index contributed by atoms with van der Waals surface area (Å²) in [5, 5.41) is 7.55. The first-order valence-corrected chi connectivity index (χ1v) is 7.92. The van der Waals surface area contributed by atoms with Crippen molar-refractivity contribution in [2.24, 2.45) is 0 Å². The zero-order valence-corrected chi connectivity index (χ0v) is 14.8. The summed E-state index contributed by atoms with van der Waals surface area (Å²) in [5.41, 5.74) is 3.10. The van der Waals surface area contributed by atoms with Crippen LogP contribution < -0.4 is 5.32 Å². The zero-order chi connectivity index (χ0) is 17.2. The molecule has 23 heavy (non-hydrogen) atoms. The number of carbonyl (C=O) groups is 1. The van der Waals surface area contributed by atoms with Gasteiger partial charge in [0.25, 0.3) is 5.91 Å². The van der Waals surface area contributed by atoms with Crippen LogP contribution in [0.3, 0.4) is 0 Å². The van der Waals surface area contributed by atoms with Gasteiger partial charge in [0, 0.05) is 31.3 Å². The Bertz CT molecular complexity index is 698. The lowest BCUT2D eigenvalue weighted by molar-refractivity contribution is 0.0934. The second kappa shape index (κ2) is 6.66. The van der Waals surface area contributed by atoms with Gasteiger partial charge in [0.05, 0.1) is 23.6 Å². The molecular formula is C17H26N4O2. The van der Waals surface area contributed by atoms with E-state index in [0.717, 1.165) is 17.0 Å². The smallest absolute Gasteiger partial charge is 0.254 e. The molecule has 6 nitrogen and oxygen atoms in total. The van der Waals surface area contributed by atoms with Crippen molar-refractivity contribution in [1.82, 2.24) is 19.9 Å². The van der Waals surface area contributed by atoms with E-state index in [0.29, 0.717) is 18.7 Å². The van der Waals surface area contributed by atoms with E-state index in [1.54, 1.807) is 17.8 Å². The molecular weight excluding hydrogens is 292 g/mol. The molecule has 2 rings (SSSR count). The van der Waals surface area contributed by atoms with Crippen LogP contribution in [0.4, 0.5) is 0 Å². The van der Waals surface area contributed by atoms with Crippen LogP contribution in [0.25, 0.3) is 5.65 Å². The van der Waals surface area contributed by atoms with Crippen molar-refractivity contribution in [2.75, 3.05) is 20.3 Å². The van der Waals surface area contributed by atoms with Crippen LogP contribution in [0.15, 0.2) is 12.3 Å². The van der Waals surface area contributed by atoms with Crippen molar-refractivity contribution in [3.05, 3.63) is 29.2 Å². The van der Waals surface area contributed by atoms with E-state index in [1.165, 1.54) is 0 Å². The van der Waals surface area contributed by atoms with Crippen molar-refractivity contribution < 1.29 is 9.53 Å². The van der Waals surface area contributed by atoms with Gasteiger partial charge in [-0.05, 0) is 5.92 Å². The molecule has 2 heterocycles. The summed E-state index contributed by atoms with van der Waals surface area (Å²) in [7, 11) is 1.61. The molecule has 0 aliphatic rings. The Morgan fingerprint density at radius 1 is 1.39 bits per heavy atom. The quantitative estimate of drug-likeness (QED) is 0.860. The maximum Gasteiger partial charge on any atom is 0.254 e. The molecule has 1 N–H and O–H groups in total. The lowest BCUT2D eigenvalue weighted by atomic mass is 9.93. The maximum atomic E-state index is 12.4. The van der Waals surface area contributed by atoms with E-state index in [1.807, 2.05) is 6.07 Å². The molecule has 1 amide bonds. The van der Waals surface area contributed by atoms with Crippen LogP contribution in [-0.4, -0.2) is 40.8 Å². The van der Waals surface area contributed by atoms with Crippen molar-refractivity contribution in [1.29, 1.82) is 0 Å². The summed E-state index contributed by atoms with van der Waals surface area (Å²) in [5.74, 6) is 0.00403. The fourth-order valence-corrected chi connectivity index (χ4v) is 2.41. The number of ether oxygens (including phenoxy) is 1. The van der Waals surface area contributed by atoms with E-state index in [2.05, 4.69) is 44.9 Å². The minimum atomic E-state index is -0.145. The summed E-state index contributed by atoms with van der Waals surface area (Å²) in [6.45, 7) is 11.4. The van der Waals surface area contributed by atoms with Gasteiger partial charge in [0.2, 0.25) is 0 Å². The number of rotatable bonds is 5. The van der Waals surface area contributed by atoms with Gasteiger partial charge < -0.3 is 10.1 Å². The monoisotopic (exact) mass is 318 g/mol. The van der Waals surface area contributed by atoms with Gasteiger partial charge in [0.1, 0.15) is 0 Å². The van der Waals surface area contributed by atoms with Crippen LogP contribution in [0, 0.1) is 0 Å². The van der Waals surface area contributed by atoms with E-state index >= 15 is 0 Å². The van der Waals surface area contributed by atoms with Crippen molar-refractivity contribution in [3.63, 3.8) is 0 Å². The molecule has 0 radical (unpaired) electrons. The molecule has 0 spiro atoms. The van der Waals surface area contributed by atoms with Gasteiger partial charge in [-0.15, -0.1) is 0 Å². The number of hydrogen-bond acceptors (Lipinski definition) is 4. The minimum Gasteiger partial charge on any atom is -0.383 e. The standard InChI is InChI=1S/C17H26N4O2/c1-11(2)15-12(16(22)18-7-8-23-6)10-19-14-9-13(17(3,4)5)20-21(14)15/h9-11H,7-8H2,1-6H3,(H,18,22). The molecule has 0 saturated carbocycles. The second-order valence-corrected chi connectivity index (χ2v) is 7.01. The van der Waals surface area contributed by atoms with Crippen LogP contribution in [-0.2, 0) is 10.2 Å². The average molecular weight is 318 g/mol. The first-order valence-electron chi connectivity index (χ1n) is 7.92. The first-order chi connectivity index (χ1) is 10.8. The maximum absolute atomic E-state index is 12.4. The second-order valence-electron chi connectivity index (χ2n) is 7.01. The lowest BCUT2D eigenvalue weighted by Crippen LogP contribution is -2.29. The summed E-state index contributed by atoms with van der Waals surface area (Å²) in [6.07, 6.45) is 1.64. The highest BCUT2D eigenvalue weighted by Gasteiger charge is 2.23. The number of nitrogens with zero attached hydrogens (tertiary/aromatic N) is 3. The molecule has 0 aliphatic carbocycles. The highest BCUT2D eigenvalue weighted by molar-refractivity contribution is 5.95. The molecule has 0 atom stereocenters. The molecule has 0 aromatic carbocycles. The largest absolute Gasteiger partial charge is 0.383 e.